The second-order valence-electron chi connectivity index (χ2n) is 8.96. The molecule has 0 bridgehead atoms. The van der Waals surface area contributed by atoms with Gasteiger partial charge in [0.1, 0.15) is 0 Å². The molecule has 9 heteroatoms. The van der Waals surface area contributed by atoms with E-state index in [2.05, 4.69) is 10.00 Å². The Balaban J connectivity index is 1.69. The van der Waals surface area contributed by atoms with Crippen LogP contribution in [-0.2, 0) is 10.0 Å². The van der Waals surface area contributed by atoms with Gasteiger partial charge < -0.3 is 4.90 Å². The molecule has 2 aromatic rings. The lowest BCUT2D eigenvalue weighted by Gasteiger charge is -2.37. The van der Waals surface area contributed by atoms with E-state index in [1.54, 1.807) is 36.5 Å². The van der Waals surface area contributed by atoms with Crippen molar-refractivity contribution in [2.24, 2.45) is 0 Å². The third kappa shape index (κ3) is 4.58. The van der Waals surface area contributed by atoms with E-state index in [-0.39, 0.29) is 11.5 Å². The van der Waals surface area contributed by atoms with E-state index in [0.717, 1.165) is 36.9 Å². The normalized spacial score (nSPS) is 18.9. The number of sulfonamides is 1. The molecule has 0 radical (unpaired) electrons. The maximum absolute atomic E-state index is 13.7. The predicted molar refractivity (Wildman–Crippen MR) is 129 cm³/mol. The molecule has 1 saturated carbocycles. The SMILES string of the molecule is CC(C)S(=O)(=O)N1CCN(c2cnn(-c3cccc(Cl)c3)c(=O)c2C2CCCCC2)CC1. The maximum Gasteiger partial charge on any atom is 0.277 e. The lowest BCUT2D eigenvalue weighted by Crippen LogP contribution is -2.51. The fourth-order valence-corrected chi connectivity index (χ4v) is 6.21. The molecule has 7 nitrogen and oxygen atoms in total. The first-order valence-corrected chi connectivity index (χ1v) is 13.3. The van der Waals surface area contributed by atoms with Gasteiger partial charge in [-0.15, -0.1) is 0 Å². The Morgan fingerprint density at radius 3 is 2.38 bits per heavy atom. The fourth-order valence-electron chi connectivity index (χ4n) is 4.76. The van der Waals surface area contributed by atoms with Gasteiger partial charge in [0.05, 0.1) is 22.8 Å². The molecule has 0 spiro atoms. The minimum absolute atomic E-state index is 0.103. The summed E-state index contributed by atoms with van der Waals surface area (Å²) in [5.41, 5.74) is 2.20. The van der Waals surface area contributed by atoms with Gasteiger partial charge in [0, 0.05) is 36.8 Å². The van der Waals surface area contributed by atoms with Crippen LogP contribution in [0.4, 0.5) is 5.69 Å². The number of rotatable bonds is 5. The molecular weight excluding hydrogens is 448 g/mol. The van der Waals surface area contributed by atoms with E-state index in [4.69, 9.17) is 11.6 Å². The Hall–Kier alpha value is -1.90. The van der Waals surface area contributed by atoms with Gasteiger partial charge in [-0.05, 0) is 50.8 Å². The Morgan fingerprint density at radius 1 is 1.06 bits per heavy atom. The summed E-state index contributed by atoms with van der Waals surface area (Å²) in [5.74, 6) is 0.192. The Kier molecular flexibility index (Phi) is 6.93. The van der Waals surface area contributed by atoms with Gasteiger partial charge in [-0.2, -0.15) is 14.1 Å². The van der Waals surface area contributed by atoms with Crippen LogP contribution in [0.1, 0.15) is 57.4 Å². The van der Waals surface area contributed by atoms with Gasteiger partial charge in [-0.3, -0.25) is 4.79 Å². The van der Waals surface area contributed by atoms with Crippen molar-refractivity contribution in [3.8, 4) is 5.69 Å². The molecule has 2 aliphatic rings. The second-order valence-corrected chi connectivity index (χ2v) is 11.9. The molecule has 0 N–H and O–H groups in total. The highest BCUT2D eigenvalue weighted by Gasteiger charge is 2.32. The van der Waals surface area contributed by atoms with Crippen LogP contribution in [-0.4, -0.2) is 53.9 Å². The van der Waals surface area contributed by atoms with Crippen molar-refractivity contribution in [3.63, 3.8) is 0 Å². The molecule has 1 aliphatic carbocycles. The molecule has 1 aromatic carbocycles. The minimum Gasteiger partial charge on any atom is -0.367 e. The van der Waals surface area contributed by atoms with Crippen LogP contribution in [0.15, 0.2) is 35.3 Å². The lowest BCUT2D eigenvalue weighted by molar-refractivity contribution is 0.379. The molecule has 0 unspecified atom stereocenters. The van der Waals surface area contributed by atoms with Crippen molar-refractivity contribution >= 4 is 27.3 Å². The van der Waals surface area contributed by atoms with Crippen molar-refractivity contribution in [1.29, 1.82) is 0 Å². The Labute approximate surface area is 195 Å². The van der Waals surface area contributed by atoms with Crippen molar-refractivity contribution < 1.29 is 8.42 Å². The lowest BCUT2D eigenvalue weighted by atomic mass is 9.84. The minimum atomic E-state index is -3.28. The smallest absolute Gasteiger partial charge is 0.277 e. The molecule has 174 valence electrons. The highest BCUT2D eigenvalue weighted by atomic mass is 35.5. The second kappa shape index (κ2) is 9.53. The summed E-state index contributed by atoms with van der Waals surface area (Å²) in [6, 6.07) is 7.17. The fraction of sp³-hybridized carbons (Fsp3) is 0.565. The van der Waals surface area contributed by atoms with Crippen LogP contribution in [0, 0.1) is 0 Å². The van der Waals surface area contributed by atoms with Gasteiger partial charge in [0.2, 0.25) is 10.0 Å². The summed E-state index contributed by atoms with van der Waals surface area (Å²) >= 11 is 6.16. The number of aromatic nitrogens is 2. The van der Waals surface area contributed by atoms with Crippen LogP contribution in [0.3, 0.4) is 0 Å². The van der Waals surface area contributed by atoms with E-state index >= 15 is 0 Å². The molecule has 0 amide bonds. The van der Waals surface area contributed by atoms with Crippen LogP contribution >= 0.6 is 11.6 Å². The van der Waals surface area contributed by atoms with E-state index in [1.165, 1.54) is 11.1 Å². The summed E-state index contributed by atoms with van der Waals surface area (Å²) in [4.78, 5) is 15.8. The number of benzene rings is 1. The molecule has 2 heterocycles. The van der Waals surface area contributed by atoms with E-state index in [9.17, 15) is 13.2 Å². The zero-order chi connectivity index (χ0) is 22.9. The highest BCUT2D eigenvalue weighted by Crippen LogP contribution is 2.36. The number of halogens is 1. The molecule has 0 atom stereocenters. The highest BCUT2D eigenvalue weighted by molar-refractivity contribution is 7.89. The quantitative estimate of drug-likeness (QED) is 0.653. The largest absolute Gasteiger partial charge is 0.367 e. The molecular formula is C23H31ClN4O3S. The molecule has 1 aromatic heterocycles. The van der Waals surface area contributed by atoms with Crippen LogP contribution in [0.25, 0.3) is 5.69 Å². The monoisotopic (exact) mass is 478 g/mol. The molecule has 2 fully saturated rings. The first kappa shape index (κ1) is 23.3. The van der Waals surface area contributed by atoms with Crippen LogP contribution in [0.2, 0.25) is 5.02 Å². The van der Waals surface area contributed by atoms with Crippen molar-refractivity contribution in [3.05, 3.63) is 51.4 Å². The van der Waals surface area contributed by atoms with E-state index in [0.29, 0.717) is 36.9 Å². The van der Waals surface area contributed by atoms with Gasteiger partial charge in [-0.25, -0.2) is 8.42 Å². The summed E-state index contributed by atoms with van der Waals surface area (Å²) in [7, 11) is -3.28. The van der Waals surface area contributed by atoms with Gasteiger partial charge >= 0.3 is 0 Å². The topological polar surface area (TPSA) is 75.5 Å². The van der Waals surface area contributed by atoms with Gasteiger partial charge in [-0.1, -0.05) is 36.9 Å². The predicted octanol–water partition coefficient (Wildman–Crippen LogP) is 3.79. The Morgan fingerprint density at radius 2 is 1.75 bits per heavy atom. The van der Waals surface area contributed by atoms with E-state index < -0.39 is 15.3 Å². The molecule has 1 aliphatic heterocycles. The summed E-state index contributed by atoms with van der Waals surface area (Å²) in [6.45, 7) is 5.36. The number of piperazine rings is 1. The molecule has 1 saturated heterocycles. The third-order valence-corrected chi connectivity index (χ3v) is 9.11. The number of hydrogen-bond donors (Lipinski definition) is 0. The first-order chi connectivity index (χ1) is 15.3. The van der Waals surface area contributed by atoms with Crippen LogP contribution in [0.5, 0.6) is 0 Å². The molecule has 32 heavy (non-hydrogen) atoms. The standard InChI is InChI=1S/C23H31ClN4O3S/c1-17(2)32(30,31)27-13-11-26(12-14-27)21-16-25-28(20-10-6-9-19(24)15-20)23(29)22(21)18-7-4-3-5-8-18/h6,9-10,15-18H,3-5,7-8,11-14H2,1-2H3. The summed E-state index contributed by atoms with van der Waals surface area (Å²) < 4.78 is 28.1. The average molecular weight is 479 g/mol. The zero-order valence-corrected chi connectivity index (χ0v) is 20.3. The Bertz CT molecular complexity index is 1120. The summed E-state index contributed by atoms with van der Waals surface area (Å²) in [5, 5.41) is 4.61. The number of anilines is 1. The van der Waals surface area contributed by atoms with E-state index in [1.807, 2.05) is 12.1 Å². The zero-order valence-electron chi connectivity index (χ0n) is 18.7. The maximum atomic E-state index is 13.7. The van der Waals surface area contributed by atoms with Crippen molar-refractivity contribution in [2.45, 2.75) is 57.1 Å². The third-order valence-electron chi connectivity index (χ3n) is 6.60. The summed E-state index contributed by atoms with van der Waals surface area (Å²) in [6.07, 6.45) is 7.18. The van der Waals surface area contributed by atoms with Crippen molar-refractivity contribution in [2.75, 3.05) is 31.1 Å². The first-order valence-electron chi connectivity index (χ1n) is 11.4. The number of hydrogen-bond acceptors (Lipinski definition) is 5. The molecule has 4 rings (SSSR count). The number of nitrogens with zero attached hydrogens (tertiary/aromatic N) is 4. The van der Waals surface area contributed by atoms with Crippen LogP contribution < -0.4 is 10.5 Å². The van der Waals surface area contributed by atoms with Crippen molar-refractivity contribution in [1.82, 2.24) is 14.1 Å². The van der Waals surface area contributed by atoms with Gasteiger partial charge in [0.15, 0.2) is 0 Å². The average Bonchev–Trinajstić information content (AvgIpc) is 2.79. The van der Waals surface area contributed by atoms with Gasteiger partial charge in [0.25, 0.3) is 5.56 Å².